The van der Waals surface area contributed by atoms with E-state index in [1.165, 1.54) is 6.07 Å². The molecule has 0 saturated carbocycles. The van der Waals surface area contributed by atoms with Crippen LogP contribution in [0, 0.1) is 0 Å². The molecule has 2 rings (SSSR count). The molecule has 0 heterocycles. The second-order valence-electron chi connectivity index (χ2n) is 4.92. The van der Waals surface area contributed by atoms with E-state index >= 15 is 0 Å². The van der Waals surface area contributed by atoms with Gasteiger partial charge < -0.3 is 15.3 Å². The fourth-order valence-corrected chi connectivity index (χ4v) is 2.24. The van der Waals surface area contributed by atoms with Gasteiger partial charge in [-0.2, -0.15) is 0 Å². The molecule has 4 nitrogen and oxygen atoms in total. The minimum Gasteiger partial charge on any atom is -0.504 e. The van der Waals surface area contributed by atoms with Gasteiger partial charge in [0.05, 0.1) is 0 Å². The molecule has 0 bridgehead atoms. The van der Waals surface area contributed by atoms with Crippen LogP contribution in [0.3, 0.4) is 0 Å². The highest BCUT2D eigenvalue weighted by molar-refractivity contribution is 6.10. The SMILES string of the molecule is CCCCc1c(C(=O)c2ccccc2)cc(O)c(O)c1O. The summed E-state index contributed by atoms with van der Waals surface area (Å²) in [6.45, 7) is 2.00. The summed E-state index contributed by atoms with van der Waals surface area (Å²) in [6, 6.07) is 9.87. The second-order valence-corrected chi connectivity index (χ2v) is 4.92. The van der Waals surface area contributed by atoms with E-state index in [1.54, 1.807) is 30.3 Å². The van der Waals surface area contributed by atoms with Gasteiger partial charge in [0.25, 0.3) is 0 Å². The number of hydrogen-bond acceptors (Lipinski definition) is 4. The molecule has 0 aliphatic carbocycles. The second kappa shape index (κ2) is 6.31. The summed E-state index contributed by atoms with van der Waals surface area (Å²) in [4.78, 5) is 12.5. The van der Waals surface area contributed by atoms with Crippen molar-refractivity contribution in [1.29, 1.82) is 0 Å². The zero-order chi connectivity index (χ0) is 15.4. The predicted octanol–water partition coefficient (Wildman–Crippen LogP) is 3.38. The zero-order valence-corrected chi connectivity index (χ0v) is 11.8. The van der Waals surface area contributed by atoms with Crippen molar-refractivity contribution in [2.45, 2.75) is 26.2 Å². The molecular weight excluding hydrogens is 268 g/mol. The normalized spacial score (nSPS) is 10.5. The van der Waals surface area contributed by atoms with E-state index in [-0.39, 0.29) is 11.3 Å². The van der Waals surface area contributed by atoms with Crippen molar-refractivity contribution in [2.75, 3.05) is 0 Å². The van der Waals surface area contributed by atoms with E-state index in [0.29, 0.717) is 17.5 Å². The van der Waals surface area contributed by atoms with Gasteiger partial charge in [0.1, 0.15) is 0 Å². The van der Waals surface area contributed by atoms with Crippen LogP contribution in [0.5, 0.6) is 17.2 Å². The number of aromatic hydroxyl groups is 3. The number of phenols is 3. The third-order valence-electron chi connectivity index (χ3n) is 3.42. The number of ketones is 1. The highest BCUT2D eigenvalue weighted by Crippen LogP contribution is 2.40. The van der Waals surface area contributed by atoms with Crippen LogP contribution in [0.25, 0.3) is 0 Å². The Labute approximate surface area is 123 Å². The largest absolute Gasteiger partial charge is 0.504 e. The van der Waals surface area contributed by atoms with Crippen molar-refractivity contribution in [3.05, 3.63) is 53.1 Å². The molecular formula is C17H18O4. The molecule has 2 aromatic rings. The van der Waals surface area contributed by atoms with E-state index < -0.39 is 17.2 Å². The average Bonchev–Trinajstić information content (AvgIpc) is 2.51. The van der Waals surface area contributed by atoms with Crippen LogP contribution in [-0.2, 0) is 6.42 Å². The van der Waals surface area contributed by atoms with Crippen LogP contribution < -0.4 is 0 Å². The van der Waals surface area contributed by atoms with Gasteiger partial charge in [-0.15, -0.1) is 0 Å². The number of carbonyl (C=O) groups excluding carboxylic acids is 1. The van der Waals surface area contributed by atoms with Gasteiger partial charge in [-0.1, -0.05) is 43.7 Å². The Hall–Kier alpha value is -2.49. The number of hydrogen-bond donors (Lipinski definition) is 3. The Bertz CT molecular complexity index is 648. The maximum atomic E-state index is 12.5. The van der Waals surface area contributed by atoms with Gasteiger partial charge in [0.2, 0.25) is 5.75 Å². The number of carbonyl (C=O) groups is 1. The van der Waals surface area contributed by atoms with Gasteiger partial charge in [0.15, 0.2) is 17.3 Å². The minimum atomic E-state index is -0.578. The first kappa shape index (κ1) is 14.9. The summed E-state index contributed by atoms with van der Waals surface area (Å²) in [6.07, 6.45) is 2.12. The highest BCUT2D eigenvalue weighted by Gasteiger charge is 2.21. The summed E-state index contributed by atoms with van der Waals surface area (Å²) in [5.41, 5.74) is 1.07. The molecule has 0 spiro atoms. The van der Waals surface area contributed by atoms with Crippen LogP contribution in [0.2, 0.25) is 0 Å². The van der Waals surface area contributed by atoms with E-state index in [2.05, 4.69) is 0 Å². The minimum absolute atomic E-state index is 0.224. The van der Waals surface area contributed by atoms with Crippen molar-refractivity contribution < 1.29 is 20.1 Å². The number of rotatable bonds is 5. The van der Waals surface area contributed by atoms with E-state index in [0.717, 1.165) is 12.8 Å². The molecule has 21 heavy (non-hydrogen) atoms. The third kappa shape index (κ3) is 2.99. The lowest BCUT2D eigenvalue weighted by Crippen LogP contribution is -2.06. The first-order chi connectivity index (χ1) is 10.1. The number of unbranched alkanes of at least 4 members (excludes halogenated alkanes) is 1. The molecule has 4 heteroatoms. The molecule has 110 valence electrons. The molecule has 0 aliphatic heterocycles. The summed E-state index contributed by atoms with van der Waals surface area (Å²) in [5.74, 6) is -1.77. The molecule has 0 aliphatic rings. The summed E-state index contributed by atoms with van der Waals surface area (Å²) >= 11 is 0. The fourth-order valence-electron chi connectivity index (χ4n) is 2.24. The molecule has 2 aromatic carbocycles. The Morgan fingerprint density at radius 1 is 1.05 bits per heavy atom. The van der Waals surface area contributed by atoms with Gasteiger partial charge in [0, 0.05) is 16.7 Å². The van der Waals surface area contributed by atoms with Crippen LogP contribution in [0.1, 0.15) is 41.3 Å². The summed E-state index contributed by atoms with van der Waals surface area (Å²) in [5, 5.41) is 29.3. The molecule has 0 amide bonds. The number of benzene rings is 2. The van der Waals surface area contributed by atoms with Crippen molar-refractivity contribution in [3.8, 4) is 17.2 Å². The molecule has 0 radical (unpaired) electrons. The maximum absolute atomic E-state index is 12.5. The lowest BCUT2D eigenvalue weighted by molar-refractivity contribution is 0.103. The average molecular weight is 286 g/mol. The first-order valence-corrected chi connectivity index (χ1v) is 6.92. The molecule has 0 aromatic heterocycles. The van der Waals surface area contributed by atoms with E-state index in [4.69, 9.17) is 0 Å². The van der Waals surface area contributed by atoms with E-state index in [9.17, 15) is 20.1 Å². The van der Waals surface area contributed by atoms with Crippen LogP contribution in [0.15, 0.2) is 36.4 Å². The summed E-state index contributed by atoms with van der Waals surface area (Å²) in [7, 11) is 0. The topological polar surface area (TPSA) is 77.8 Å². The van der Waals surface area contributed by atoms with Crippen molar-refractivity contribution in [1.82, 2.24) is 0 Å². The van der Waals surface area contributed by atoms with Crippen molar-refractivity contribution >= 4 is 5.78 Å². The third-order valence-corrected chi connectivity index (χ3v) is 3.42. The summed E-state index contributed by atoms with van der Waals surface area (Å²) < 4.78 is 0. The molecule has 0 atom stereocenters. The van der Waals surface area contributed by atoms with Gasteiger partial charge >= 0.3 is 0 Å². The molecule has 0 saturated heterocycles. The van der Waals surface area contributed by atoms with Crippen LogP contribution in [-0.4, -0.2) is 21.1 Å². The maximum Gasteiger partial charge on any atom is 0.200 e. The zero-order valence-electron chi connectivity index (χ0n) is 11.8. The Balaban J connectivity index is 2.53. The Kier molecular flexibility index (Phi) is 4.48. The highest BCUT2D eigenvalue weighted by atomic mass is 16.3. The molecule has 3 N–H and O–H groups in total. The number of phenolic OH excluding ortho intramolecular Hbond substituents is 3. The smallest absolute Gasteiger partial charge is 0.200 e. The fraction of sp³-hybridized carbons (Fsp3) is 0.235. The molecule has 0 unspecified atom stereocenters. The quantitative estimate of drug-likeness (QED) is 0.581. The van der Waals surface area contributed by atoms with E-state index in [1.807, 2.05) is 6.92 Å². The van der Waals surface area contributed by atoms with Gasteiger partial charge in [-0.05, 0) is 18.9 Å². The van der Waals surface area contributed by atoms with Crippen molar-refractivity contribution in [3.63, 3.8) is 0 Å². The van der Waals surface area contributed by atoms with Crippen molar-refractivity contribution in [2.24, 2.45) is 0 Å². The lowest BCUT2D eigenvalue weighted by Gasteiger charge is -2.13. The Morgan fingerprint density at radius 2 is 1.71 bits per heavy atom. The predicted molar refractivity (Wildman–Crippen MR) is 79.9 cm³/mol. The first-order valence-electron chi connectivity index (χ1n) is 6.92. The van der Waals surface area contributed by atoms with Crippen LogP contribution in [0.4, 0.5) is 0 Å². The van der Waals surface area contributed by atoms with Gasteiger partial charge in [-0.25, -0.2) is 0 Å². The molecule has 0 fully saturated rings. The lowest BCUT2D eigenvalue weighted by atomic mass is 9.93. The standard InChI is InChI=1S/C17H18O4/c1-2-3-9-12-13(10-14(18)17(21)16(12)20)15(19)11-7-5-4-6-8-11/h4-8,10,18,20-21H,2-3,9H2,1H3. The monoisotopic (exact) mass is 286 g/mol. The Morgan fingerprint density at radius 3 is 2.33 bits per heavy atom. The van der Waals surface area contributed by atoms with Crippen LogP contribution >= 0.6 is 0 Å². The van der Waals surface area contributed by atoms with Gasteiger partial charge in [-0.3, -0.25) is 4.79 Å².